The lowest BCUT2D eigenvalue weighted by molar-refractivity contribution is 0.612. The second-order valence-electron chi connectivity index (χ2n) is 4.72. The fraction of sp³-hybridized carbons (Fsp3) is 0.133. The molecule has 1 aromatic heterocycles. The highest BCUT2D eigenvalue weighted by atomic mass is 19.1. The van der Waals surface area contributed by atoms with Gasteiger partial charge in [0.05, 0.1) is 11.4 Å². The van der Waals surface area contributed by atoms with Crippen molar-refractivity contribution in [2.24, 2.45) is 0 Å². The average molecular weight is 283 g/mol. The summed E-state index contributed by atoms with van der Waals surface area (Å²) in [5, 5.41) is 14.4. The summed E-state index contributed by atoms with van der Waals surface area (Å²) in [6, 6.07) is 12.7. The van der Waals surface area contributed by atoms with Crippen LogP contribution in [0.2, 0.25) is 0 Å². The third kappa shape index (κ3) is 2.89. The van der Waals surface area contributed by atoms with E-state index in [-0.39, 0.29) is 5.82 Å². The summed E-state index contributed by atoms with van der Waals surface area (Å²) in [6.07, 6.45) is 1.52. The average Bonchev–Trinajstić information content (AvgIpc) is 3.03. The molecule has 0 spiro atoms. The van der Waals surface area contributed by atoms with Crippen LogP contribution in [0.3, 0.4) is 0 Å². The molecular formula is C15H14FN5. The standard InChI is InChI=1S/C15H14FN5/c1-11-6-7-13(16)12(8-11)9-17-14-4-2-3-5-15(14)21-10-18-19-20-21/h2-8,10,17H,9H2,1H3. The molecule has 0 atom stereocenters. The molecule has 3 rings (SSSR count). The van der Waals surface area contributed by atoms with Gasteiger partial charge in [-0.1, -0.05) is 29.8 Å². The lowest BCUT2D eigenvalue weighted by atomic mass is 10.1. The Labute approximate surface area is 121 Å². The molecule has 0 aliphatic rings. The Morgan fingerprint density at radius 1 is 1.19 bits per heavy atom. The van der Waals surface area contributed by atoms with E-state index in [9.17, 15) is 4.39 Å². The van der Waals surface area contributed by atoms with E-state index >= 15 is 0 Å². The number of aromatic nitrogens is 4. The van der Waals surface area contributed by atoms with Crippen LogP contribution in [0.1, 0.15) is 11.1 Å². The Bertz CT molecular complexity index is 740. The fourth-order valence-corrected chi connectivity index (χ4v) is 2.12. The van der Waals surface area contributed by atoms with Crippen LogP contribution in [-0.2, 0) is 6.54 Å². The second kappa shape index (κ2) is 5.70. The fourth-order valence-electron chi connectivity index (χ4n) is 2.12. The van der Waals surface area contributed by atoms with Gasteiger partial charge in [-0.15, -0.1) is 5.10 Å². The maximum Gasteiger partial charge on any atom is 0.143 e. The quantitative estimate of drug-likeness (QED) is 0.800. The molecule has 0 amide bonds. The first kappa shape index (κ1) is 13.2. The monoisotopic (exact) mass is 283 g/mol. The number of nitrogens with zero attached hydrogens (tertiary/aromatic N) is 4. The predicted octanol–water partition coefficient (Wildman–Crippen LogP) is 2.72. The van der Waals surface area contributed by atoms with Crippen LogP contribution >= 0.6 is 0 Å². The first-order chi connectivity index (χ1) is 10.2. The van der Waals surface area contributed by atoms with Gasteiger partial charge in [0.15, 0.2) is 0 Å². The molecule has 106 valence electrons. The van der Waals surface area contributed by atoms with Gasteiger partial charge in [0.2, 0.25) is 0 Å². The van der Waals surface area contributed by atoms with Crippen LogP contribution < -0.4 is 5.32 Å². The molecule has 6 heteroatoms. The molecule has 1 N–H and O–H groups in total. The normalized spacial score (nSPS) is 10.6. The number of hydrogen-bond acceptors (Lipinski definition) is 4. The van der Waals surface area contributed by atoms with Gasteiger partial charge in [0, 0.05) is 12.1 Å². The van der Waals surface area contributed by atoms with Gasteiger partial charge in [0.1, 0.15) is 12.1 Å². The first-order valence-corrected chi connectivity index (χ1v) is 6.55. The van der Waals surface area contributed by atoms with Gasteiger partial charge in [-0.25, -0.2) is 4.39 Å². The molecule has 0 fully saturated rings. The Kier molecular flexibility index (Phi) is 3.59. The van der Waals surface area contributed by atoms with Crippen LogP contribution in [0.4, 0.5) is 10.1 Å². The van der Waals surface area contributed by atoms with Crippen LogP contribution in [-0.4, -0.2) is 20.2 Å². The van der Waals surface area contributed by atoms with Crippen LogP contribution in [0, 0.1) is 12.7 Å². The zero-order valence-corrected chi connectivity index (χ0v) is 11.5. The number of halogens is 1. The van der Waals surface area contributed by atoms with E-state index in [0.717, 1.165) is 16.9 Å². The van der Waals surface area contributed by atoms with Crippen molar-refractivity contribution in [1.82, 2.24) is 20.2 Å². The number of benzene rings is 2. The molecule has 2 aromatic carbocycles. The highest BCUT2D eigenvalue weighted by Crippen LogP contribution is 2.20. The summed E-state index contributed by atoms with van der Waals surface area (Å²) in [6.45, 7) is 2.34. The third-order valence-electron chi connectivity index (χ3n) is 3.17. The number of para-hydroxylation sites is 2. The Hall–Kier alpha value is -2.76. The van der Waals surface area contributed by atoms with Crippen molar-refractivity contribution in [2.75, 3.05) is 5.32 Å². The molecule has 0 saturated heterocycles. The van der Waals surface area contributed by atoms with Crippen LogP contribution in [0.15, 0.2) is 48.8 Å². The molecule has 0 aliphatic heterocycles. The summed E-state index contributed by atoms with van der Waals surface area (Å²) >= 11 is 0. The lowest BCUT2D eigenvalue weighted by Gasteiger charge is -2.12. The van der Waals surface area contributed by atoms with Gasteiger partial charge < -0.3 is 5.32 Å². The van der Waals surface area contributed by atoms with E-state index in [1.54, 1.807) is 10.7 Å². The summed E-state index contributed by atoms with van der Waals surface area (Å²) in [4.78, 5) is 0. The van der Waals surface area contributed by atoms with Crippen molar-refractivity contribution < 1.29 is 4.39 Å². The topological polar surface area (TPSA) is 55.6 Å². The van der Waals surface area contributed by atoms with E-state index in [1.807, 2.05) is 37.3 Å². The van der Waals surface area contributed by atoms with E-state index in [2.05, 4.69) is 20.8 Å². The van der Waals surface area contributed by atoms with E-state index in [4.69, 9.17) is 0 Å². The highest BCUT2D eigenvalue weighted by Gasteiger charge is 2.07. The number of rotatable bonds is 4. The van der Waals surface area contributed by atoms with Gasteiger partial charge >= 0.3 is 0 Å². The summed E-state index contributed by atoms with van der Waals surface area (Å²) in [5.41, 5.74) is 3.31. The third-order valence-corrected chi connectivity index (χ3v) is 3.17. The number of anilines is 1. The maximum absolute atomic E-state index is 13.8. The van der Waals surface area contributed by atoms with Gasteiger partial charge in [-0.2, -0.15) is 4.68 Å². The summed E-state index contributed by atoms with van der Waals surface area (Å²) in [7, 11) is 0. The number of nitrogens with one attached hydrogen (secondary N) is 1. The zero-order chi connectivity index (χ0) is 14.7. The van der Waals surface area contributed by atoms with Gasteiger partial charge in [0.25, 0.3) is 0 Å². The Morgan fingerprint density at radius 3 is 2.86 bits per heavy atom. The second-order valence-corrected chi connectivity index (χ2v) is 4.72. The Morgan fingerprint density at radius 2 is 2.05 bits per heavy atom. The van der Waals surface area contributed by atoms with E-state index < -0.39 is 0 Å². The van der Waals surface area contributed by atoms with E-state index in [0.29, 0.717) is 12.1 Å². The number of tetrazole rings is 1. The van der Waals surface area contributed by atoms with E-state index in [1.165, 1.54) is 12.4 Å². The molecule has 0 unspecified atom stereocenters. The molecular weight excluding hydrogens is 269 g/mol. The molecule has 0 bridgehead atoms. The number of hydrogen-bond donors (Lipinski definition) is 1. The maximum atomic E-state index is 13.8. The molecule has 5 nitrogen and oxygen atoms in total. The SMILES string of the molecule is Cc1ccc(F)c(CNc2ccccc2-n2cnnn2)c1. The summed E-state index contributed by atoms with van der Waals surface area (Å²) < 4.78 is 15.3. The molecule has 3 aromatic rings. The van der Waals surface area contributed by atoms with Gasteiger partial charge in [-0.3, -0.25) is 0 Å². The van der Waals surface area contributed by atoms with Gasteiger partial charge in [-0.05, 0) is 35.5 Å². The highest BCUT2D eigenvalue weighted by molar-refractivity contribution is 5.60. The van der Waals surface area contributed by atoms with Crippen molar-refractivity contribution in [3.8, 4) is 5.69 Å². The minimum absolute atomic E-state index is 0.215. The number of aryl methyl sites for hydroxylation is 1. The molecule has 21 heavy (non-hydrogen) atoms. The molecule has 0 saturated carbocycles. The van der Waals surface area contributed by atoms with Crippen molar-refractivity contribution in [2.45, 2.75) is 13.5 Å². The van der Waals surface area contributed by atoms with Crippen molar-refractivity contribution in [1.29, 1.82) is 0 Å². The minimum Gasteiger partial charge on any atom is -0.379 e. The van der Waals surface area contributed by atoms with Crippen LogP contribution in [0.5, 0.6) is 0 Å². The minimum atomic E-state index is -0.215. The molecule has 1 heterocycles. The first-order valence-electron chi connectivity index (χ1n) is 6.55. The lowest BCUT2D eigenvalue weighted by Crippen LogP contribution is -2.06. The predicted molar refractivity (Wildman–Crippen MR) is 77.6 cm³/mol. The zero-order valence-electron chi connectivity index (χ0n) is 11.5. The largest absolute Gasteiger partial charge is 0.379 e. The summed E-state index contributed by atoms with van der Waals surface area (Å²) in [5.74, 6) is -0.215. The van der Waals surface area contributed by atoms with Crippen molar-refractivity contribution in [3.63, 3.8) is 0 Å². The molecule has 0 aliphatic carbocycles. The smallest absolute Gasteiger partial charge is 0.143 e. The van der Waals surface area contributed by atoms with Crippen molar-refractivity contribution in [3.05, 3.63) is 65.7 Å². The Balaban J connectivity index is 1.84. The van der Waals surface area contributed by atoms with Crippen molar-refractivity contribution >= 4 is 5.69 Å². The molecule has 0 radical (unpaired) electrons. The van der Waals surface area contributed by atoms with Crippen LogP contribution in [0.25, 0.3) is 5.69 Å².